The summed E-state index contributed by atoms with van der Waals surface area (Å²) in [5.74, 6) is -1.35. The van der Waals surface area contributed by atoms with E-state index in [9.17, 15) is 18.4 Å². The van der Waals surface area contributed by atoms with Crippen molar-refractivity contribution in [3.8, 4) is 0 Å². The molecule has 1 aliphatic heterocycles. The van der Waals surface area contributed by atoms with E-state index in [1.54, 1.807) is 27.7 Å². The molecule has 0 aromatic carbocycles. The molecule has 1 aromatic heterocycles. The maximum Gasteiger partial charge on any atom is 0.416 e. The Morgan fingerprint density at radius 3 is 2.52 bits per heavy atom. The number of carbonyl (C=O) groups excluding carboxylic acids is 1. The summed E-state index contributed by atoms with van der Waals surface area (Å²) in [4.78, 5) is 24.6. The number of fused-ring (bicyclic) bond motifs is 1. The summed E-state index contributed by atoms with van der Waals surface area (Å²) in [5.41, 5.74) is -1.16. The number of anilines is 1. The minimum atomic E-state index is -2.72. The molecule has 2 heterocycles. The topological polar surface area (TPSA) is 84.7 Å². The van der Waals surface area contributed by atoms with Crippen LogP contribution in [0, 0.1) is 0 Å². The molecule has 0 fully saturated rings. The maximum absolute atomic E-state index is 13.2. The number of carboxylic acids is 1. The van der Waals surface area contributed by atoms with E-state index >= 15 is 0 Å². The average molecular weight is 331 g/mol. The number of rotatable bonds is 2. The number of ether oxygens (including phenoxy) is 1. The molecule has 1 amide bonds. The number of aromatic carboxylic acids is 1. The third-order valence-corrected chi connectivity index (χ3v) is 3.40. The van der Waals surface area contributed by atoms with Gasteiger partial charge in [-0.2, -0.15) is 5.10 Å². The monoisotopic (exact) mass is 331 g/mol. The molecule has 0 spiro atoms. The fraction of sp³-hybridized carbons (Fsp3) is 0.643. The van der Waals surface area contributed by atoms with Gasteiger partial charge in [0.1, 0.15) is 17.5 Å². The van der Waals surface area contributed by atoms with E-state index in [0.29, 0.717) is 0 Å². The van der Waals surface area contributed by atoms with Crippen LogP contribution in [0.25, 0.3) is 0 Å². The van der Waals surface area contributed by atoms with Gasteiger partial charge < -0.3 is 9.84 Å². The van der Waals surface area contributed by atoms with Crippen molar-refractivity contribution >= 4 is 17.9 Å². The van der Waals surface area contributed by atoms with Crippen LogP contribution in [0.3, 0.4) is 0 Å². The first kappa shape index (κ1) is 17.2. The van der Waals surface area contributed by atoms with Crippen molar-refractivity contribution in [1.82, 2.24) is 9.78 Å². The Morgan fingerprint density at radius 1 is 1.43 bits per heavy atom. The second-order valence-electron chi connectivity index (χ2n) is 6.47. The highest BCUT2D eigenvalue weighted by Crippen LogP contribution is 2.36. The molecular formula is C14H19F2N3O4. The molecule has 1 N–H and O–H groups in total. The third kappa shape index (κ3) is 3.43. The van der Waals surface area contributed by atoms with Gasteiger partial charge >= 0.3 is 12.1 Å². The normalized spacial score (nSPS) is 21.3. The lowest BCUT2D eigenvalue weighted by atomic mass is 10.0. The van der Waals surface area contributed by atoms with Crippen LogP contribution in [0.5, 0.6) is 0 Å². The minimum absolute atomic E-state index is 0.000648. The molecular weight excluding hydrogens is 312 g/mol. The Morgan fingerprint density at radius 2 is 2.04 bits per heavy atom. The lowest BCUT2D eigenvalue weighted by Gasteiger charge is -2.38. The first-order valence-corrected chi connectivity index (χ1v) is 7.14. The highest BCUT2D eigenvalue weighted by molar-refractivity contribution is 5.91. The predicted octanol–water partition coefficient (Wildman–Crippen LogP) is 2.92. The second kappa shape index (κ2) is 5.78. The Kier molecular flexibility index (Phi) is 4.32. The Balaban J connectivity index is 2.47. The van der Waals surface area contributed by atoms with Crippen LogP contribution in [-0.2, 0) is 4.74 Å². The summed E-state index contributed by atoms with van der Waals surface area (Å²) in [6.45, 7) is 6.65. The molecule has 0 bridgehead atoms. The van der Waals surface area contributed by atoms with Crippen molar-refractivity contribution in [3.63, 3.8) is 0 Å². The summed E-state index contributed by atoms with van der Waals surface area (Å²) in [5, 5.41) is 12.7. The number of aromatic nitrogens is 2. The molecule has 2 atom stereocenters. The van der Waals surface area contributed by atoms with Gasteiger partial charge in [0.05, 0.1) is 0 Å². The number of alkyl halides is 2. The Labute approximate surface area is 131 Å². The number of carbonyl (C=O) groups is 2. The molecule has 0 saturated heterocycles. The third-order valence-electron chi connectivity index (χ3n) is 3.40. The summed E-state index contributed by atoms with van der Waals surface area (Å²) in [6.07, 6.45) is -3.50. The molecule has 9 heteroatoms. The van der Waals surface area contributed by atoms with Crippen LogP contribution in [0.2, 0.25) is 0 Å². The first-order chi connectivity index (χ1) is 10.5. The largest absolute Gasteiger partial charge is 0.476 e. The fourth-order valence-corrected chi connectivity index (χ4v) is 2.49. The van der Waals surface area contributed by atoms with Gasteiger partial charge in [0.2, 0.25) is 0 Å². The summed E-state index contributed by atoms with van der Waals surface area (Å²) >= 11 is 0. The second-order valence-corrected chi connectivity index (χ2v) is 6.47. The minimum Gasteiger partial charge on any atom is -0.476 e. The van der Waals surface area contributed by atoms with Gasteiger partial charge in [-0.15, -0.1) is 0 Å². The van der Waals surface area contributed by atoms with Gasteiger partial charge in [0.15, 0.2) is 5.69 Å². The van der Waals surface area contributed by atoms with Crippen molar-refractivity contribution in [2.45, 2.75) is 58.2 Å². The van der Waals surface area contributed by atoms with E-state index in [2.05, 4.69) is 5.10 Å². The quantitative estimate of drug-likeness (QED) is 0.900. The van der Waals surface area contributed by atoms with Crippen molar-refractivity contribution in [3.05, 3.63) is 11.8 Å². The van der Waals surface area contributed by atoms with Crippen LogP contribution >= 0.6 is 0 Å². The maximum atomic E-state index is 13.2. The molecule has 128 valence electrons. The molecule has 23 heavy (non-hydrogen) atoms. The number of carboxylic acid groups (broad SMARTS) is 1. The van der Waals surface area contributed by atoms with E-state index in [4.69, 9.17) is 9.84 Å². The lowest BCUT2D eigenvalue weighted by Crippen LogP contribution is -2.48. The van der Waals surface area contributed by atoms with E-state index in [1.807, 2.05) is 0 Å². The standard InChI is InChI=1S/C14H19F2N3O4/c1-7-5-9(11(15)16)19-10(6-8(17-19)12(20)21)18(7)13(22)23-14(2,3)4/h6-7,9,11H,5H2,1-4H3,(H,20,21). The zero-order valence-corrected chi connectivity index (χ0v) is 13.3. The van der Waals surface area contributed by atoms with Crippen molar-refractivity contribution < 1.29 is 28.2 Å². The molecule has 2 unspecified atom stereocenters. The number of nitrogens with zero attached hydrogens (tertiary/aromatic N) is 3. The molecule has 7 nitrogen and oxygen atoms in total. The van der Waals surface area contributed by atoms with Gasteiger partial charge in [-0.05, 0) is 34.1 Å². The highest BCUT2D eigenvalue weighted by Gasteiger charge is 2.41. The van der Waals surface area contributed by atoms with E-state index < -0.39 is 41.9 Å². The predicted molar refractivity (Wildman–Crippen MR) is 77.0 cm³/mol. The summed E-state index contributed by atoms with van der Waals surface area (Å²) < 4.78 is 32.7. The number of halogens is 2. The molecule has 1 aromatic rings. The van der Waals surface area contributed by atoms with E-state index in [1.165, 1.54) is 4.90 Å². The SMILES string of the molecule is CC1CC(C(F)F)n2nc(C(=O)O)cc2N1C(=O)OC(C)(C)C. The van der Waals surface area contributed by atoms with Crippen LogP contribution in [0.15, 0.2) is 6.07 Å². The molecule has 0 radical (unpaired) electrons. The van der Waals surface area contributed by atoms with Crippen LogP contribution in [0.1, 0.15) is 50.6 Å². The lowest BCUT2D eigenvalue weighted by molar-refractivity contribution is 0.0447. The zero-order valence-electron chi connectivity index (χ0n) is 13.3. The van der Waals surface area contributed by atoms with Crippen molar-refractivity contribution in [2.24, 2.45) is 0 Å². The van der Waals surface area contributed by atoms with Crippen molar-refractivity contribution in [1.29, 1.82) is 0 Å². The number of amides is 1. The molecule has 2 rings (SSSR count). The van der Waals surface area contributed by atoms with Gasteiger partial charge in [-0.25, -0.2) is 23.1 Å². The van der Waals surface area contributed by atoms with Crippen molar-refractivity contribution in [2.75, 3.05) is 4.90 Å². The average Bonchev–Trinajstić information content (AvgIpc) is 2.79. The summed E-state index contributed by atoms with van der Waals surface area (Å²) in [7, 11) is 0. The van der Waals surface area contributed by atoms with Gasteiger partial charge in [-0.1, -0.05) is 0 Å². The fourth-order valence-electron chi connectivity index (χ4n) is 2.49. The van der Waals surface area contributed by atoms with Crippen LogP contribution in [-0.4, -0.2) is 45.0 Å². The summed E-state index contributed by atoms with van der Waals surface area (Å²) in [6, 6.07) is -0.751. The zero-order chi connectivity index (χ0) is 17.5. The smallest absolute Gasteiger partial charge is 0.416 e. The number of hydrogen-bond acceptors (Lipinski definition) is 4. The van der Waals surface area contributed by atoms with Crippen LogP contribution < -0.4 is 4.90 Å². The molecule has 1 aliphatic rings. The van der Waals surface area contributed by atoms with Gasteiger partial charge in [0, 0.05) is 12.1 Å². The first-order valence-electron chi connectivity index (χ1n) is 7.14. The Hall–Kier alpha value is -2.19. The number of hydrogen-bond donors (Lipinski definition) is 1. The van der Waals surface area contributed by atoms with Crippen LogP contribution in [0.4, 0.5) is 19.4 Å². The van der Waals surface area contributed by atoms with Gasteiger partial charge in [-0.3, -0.25) is 4.90 Å². The Bertz CT molecular complexity index is 624. The molecule has 0 aliphatic carbocycles. The highest BCUT2D eigenvalue weighted by atomic mass is 19.3. The molecule has 0 saturated carbocycles. The van der Waals surface area contributed by atoms with Gasteiger partial charge in [0.25, 0.3) is 6.43 Å². The van der Waals surface area contributed by atoms with E-state index in [-0.39, 0.29) is 12.2 Å². The van der Waals surface area contributed by atoms with E-state index in [0.717, 1.165) is 10.7 Å².